The van der Waals surface area contributed by atoms with E-state index in [1.54, 1.807) is 12.1 Å². The number of hydrogen-bond acceptors (Lipinski definition) is 4. The first-order valence-electron chi connectivity index (χ1n) is 3.94. The van der Waals surface area contributed by atoms with Gasteiger partial charge in [0.15, 0.2) is 0 Å². The lowest BCUT2D eigenvalue weighted by Crippen LogP contribution is -2.06. The molecule has 0 atom stereocenters. The monoisotopic (exact) mass is 316 g/mol. The number of carbonyl (C=O) groups is 1. The normalized spacial score (nSPS) is 10.2. The van der Waals surface area contributed by atoms with Gasteiger partial charge in [-0.1, -0.05) is 0 Å². The molecule has 0 radical (unpaired) electrons. The van der Waals surface area contributed by atoms with Gasteiger partial charge in [0.2, 0.25) is 0 Å². The lowest BCUT2D eigenvalue weighted by molar-refractivity contribution is 0.0696. The van der Waals surface area contributed by atoms with Gasteiger partial charge in [0.1, 0.15) is 6.33 Å². The van der Waals surface area contributed by atoms with Crippen molar-refractivity contribution in [2.45, 2.75) is 0 Å². The Kier molecular flexibility index (Phi) is 2.62. The highest BCUT2D eigenvalue weighted by Gasteiger charge is 2.12. The predicted molar refractivity (Wildman–Crippen MR) is 58.8 cm³/mol. The predicted octanol–water partition coefficient (Wildman–Crippen LogP) is 0.965. The number of aromatic carboxylic acids is 1. The third-order valence-electron chi connectivity index (χ3n) is 1.79. The van der Waals surface area contributed by atoms with E-state index in [1.165, 1.54) is 17.1 Å². The van der Waals surface area contributed by atoms with Crippen molar-refractivity contribution in [3.63, 3.8) is 0 Å². The smallest absolute Gasteiger partial charge is 0.337 e. The molecule has 0 saturated heterocycles. The summed E-state index contributed by atoms with van der Waals surface area (Å²) in [5, 5.41) is 19.6. The molecule has 0 amide bonds. The summed E-state index contributed by atoms with van der Waals surface area (Å²) in [6.45, 7) is 0. The SMILES string of the molecule is O=C(O)c1ccc(I)cc1-n1cnnn1. The largest absolute Gasteiger partial charge is 0.478 e. The highest BCUT2D eigenvalue weighted by Crippen LogP contribution is 2.16. The van der Waals surface area contributed by atoms with Crippen molar-refractivity contribution in [2.24, 2.45) is 0 Å². The summed E-state index contributed by atoms with van der Waals surface area (Å²) in [7, 11) is 0. The van der Waals surface area contributed by atoms with Gasteiger partial charge >= 0.3 is 5.97 Å². The molecule has 1 heterocycles. The molecule has 0 fully saturated rings. The second kappa shape index (κ2) is 3.93. The fourth-order valence-corrected chi connectivity index (χ4v) is 1.62. The molecule has 0 spiro atoms. The number of carboxylic acids is 1. The molecule has 2 rings (SSSR count). The standard InChI is InChI=1S/C8H5IN4O2/c9-5-1-2-6(8(14)15)7(3-5)13-4-10-11-12-13/h1-4H,(H,14,15). The second-order valence-electron chi connectivity index (χ2n) is 2.72. The van der Waals surface area contributed by atoms with Gasteiger partial charge < -0.3 is 5.11 Å². The molecule has 0 bridgehead atoms. The summed E-state index contributed by atoms with van der Waals surface area (Å²) in [5.41, 5.74) is 0.627. The summed E-state index contributed by atoms with van der Waals surface area (Å²) >= 11 is 2.10. The van der Waals surface area contributed by atoms with Crippen LogP contribution in [0.4, 0.5) is 0 Å². The van der Waals surface area contributed by atoms with Crippen molar-refractivity contribution < 1.29 is 9.90 Å². The van der Waals surface area contributed by atoms with E-state index in [2.05, 4.69) is 38.1 Å². The highest BCUT2D eigenvalue weighted by atomic mass is 127. The minimum atomic E-state index is -1.00. The van der Waals surface area contributed by atoms with Gasteiger partial charge in [-0.3, -0.25) is 0 Å². The van der Waals surface area contributed by atoms with E-state index < -0.39 is 5.97 Å². The van der Waals surface area contributed by atoms with Crippen LogP contribution in [-0.4, -0.2) is 31.3 Å². The van der Waals surface area contributed by atoms with Crippen LogP contribution in [0.15, 0.2) is 24.5 Å². The van der Waals surface area contributed by atoms with Crippen molar-refractivity contribution in [1.82, 2.24) is 20.2 Å². The van der Waals surface area contributed by atoms with Crippen molar-refractivity contribution in [3.8, 4) is 5.69 Å². The van der Waals surface area contributed by atoms with Crippen LogP contribution in [0.25, 0.3) is 5.69 Å². The quantitative estimate of drug-likeness (QED) is 0.835. The zero-order valence-electron chi connectivity index (χ0n) is 7.33. The molecule has 0 aliphatic heterocycles. The van der Waals surface area contributed by atoms with Crippen LogP contribution in [-0.2, 0) is 0 Å². The lowest BCUT2D eigenvalue weighted by Gasteiger charge is -2.04. The number of tetrazole rings is 1. The molecule has 6 nitrogen and oxygen atoms in total. The Morgan fingerprint density at radius 2 is 2.27 bits per heavy atom. The summed E-state index contributed by atoms with van der Waals surface area (Å²) in [4.78, 5) is 10.9. The van der Waals surface area contributed by atoms with E-state index in [0.717, 1.165) is 3.57 Å². The Morgan fingerprint density at radius 3 is 2.87 bits per heavy atom. The van der Waals surface area contributed by atoms with Gasteiger partial charge in [-0.25, -0.2) is 4.79 Å². The first kappa shape index (κ1) is 10.0. The van der Waals surface area contributed by atoms with Crippen LogP contribution in [0.1, 0.15) is 10.4 Å². The lowest BCUT2D eigenvalue weighted by atomic mass is 10.2. The molecule has 15 heavy (non-hydrogen) atoms. The Balaban J connectivity index is 2.63. The van der Waals surface area contributed by atoms with E-state index in [9.17, 15) is 4.79 Å². The summed E-state index contributed by atoms with van der Waals surface area (Å²) < 4.78 is 2.24. The highest BCUT2D eigenvalue weighted by molar-refractivity contribution is 14.1. The molecular weight excluding hydrogens is 311 g/mol. The van der Waals surface area contributed by atoms with Crippen LogP contribution >= 0.6 is 22.6 Å². The molecule has 7 heteroatoms. The average Bonchev–Trinajstić information content (AvgIpc) is 2.69. The minimum Gasteiger partial charge on any atom is -0.478 e. The summed E-state index contributed by atoms with van der Waals surface area (Å²) in [6, 6.07) is 4.96. The van der Waals surface area contributed by atoms with E-state index in [4.69, 9.17) is 5.11 Å². The number of halogens is 1. The first-order valence-corrected chi connectivity index (χ1v) is 5.02. The molecule has 76 valence electrons. The zero-order valence-corrected chi connectivity index (χ0v) is 9.49. The fraction of sp³-hybridized carbons (Fsp3) is 0. The molecule has 0 aliphatic rings. The van der Waals surface area contributed by atoms with E-state index in [-0.39, 0.29) is 5.56 Å². The van der Waals surface area contributed by atoms with E-state index in [0.29, 0.717) is 5.69 Å². The van der Waals surface area contributed by atoms with Gasteiger partial charge in [0.25, 0.3) is 0 Å². The topological polar surface area (TPSA) is 80.9 Å². The van der Waals surface area contributed by atoms with Gasteiger partial charge in [0, 0.05) is 3.57 Å². The third-order valence-corrected chi connectivity index (χ3v) is 2.46. The number of benzene rings is 1. The van der Waals surface area contributed by atoms with Crippen molar-refractivity contribution in [2.75, 3.05) is 0 Å². The molecule has 0 saturated carbocycles. The number of rotatable bonds is 2. The summed E-state index contributed by atoms with van der Waals surface area (Å²) in [6.07, 6.45) is 1.36. The van der Waals surface area contributed by atoms with Gasteiger partial charge in [0.05, 0.1) is 11.3 Å². The molecule has 0 aliphatic carbocycles. The van der Waals surface area contributed by atoms with Crippen LogP contribution in [0.5, 0.6) is 0 Å². The maximum atomic E-state index is 10.9. The van der Waals surface area contributed by atoms with Crippen LogP contribution in [0.3, 0.4) is 0 Å². The molecule has 1 N–H and O–H groups in total. The van der Waals surface area contributed by atoms with E-state index in [1.807, 2.05) is 0 Å². The maximum absolute atomic E-state index is 10.9. The molecule has 2 aromatic rings. The van der Waals surface area contributed by atoms with Gasteiger partial charge in [-0.15, -0.1) is 5.10 Å². The number of hydrogen-bond donors (Lipinski definition) is 1. The van der Waals surface area contributed by atoms with Crippen molar-refractivity contribution in [3.05, 3.63) is 33.7 Å². The summed E-state index contributed by atoms with van der Waals surface area (Å²) in [5.74, 6) is -1.00. The Hall–Kier alpha value is -1.51. The van der Waals surface area contributed by atoms with Crippen molar-refractivity contribution >= 4 is 28.6 Å². The third kappa shape index (κ3) is 1.96. The van der Waals surface area contributed by atoms with Gasteiger partial charge in [-0.05, 0) is 51.2 Å². The number of carboxylic acid groups (broad SMARTS) is 1. The fourth-order valence-electron chi connectivity index (χ4n) is 1.15. The second-order valence-corrected chi connectivity index (χ2v) is 3.97. The Morgan fingerprint density at radius 1 is 1.47 bits per heavy atom. The Bertz CT molecular complexity index is 497. The van der Waals surface area contributed by atoms with Crippen LogP contribution in [0, 0.1) is 3.57 Å². The molecule has 0 unspecified atom stereocenters. The van der Waals surface area contributed by atoms with Gasteiger partial charge in [-0.2, -0.15) is 4.68 Å². The number of nitrogens with zero attached hydrogens (tertiary/aromatic N) is 4. The average molecular weight is 316 g/mol. The molecular formula is C8H5IN4O2. The minimum absolute atomic E-state index is 0.169. The maximum Gasteiger partial charge on any atom is 0.337 e. The number of aromatic nitrogens is 4. The molecule has 1 aromatic carbocycles. The zero-order chi connectivity index (χ0) is 10.8. The first-order chi connectivity index (χ1) is 7.18. The van der Waals surface area contributed by atoms with E-state index >= 15 is 0 Å². The van der Waals surface area contributed by atoms with Crippen LogP contribution < -0.4 is 0 Å². The van der Waals surface area contributed by atoms with Crippen molar-refractivity contribution in [1.29, 1.82) is 0 Å². The van der Waals surface area contributed by atoms with Crippen LogP contribution in [0.2, 0.25) is 0 Å². The molecule has 1 aromatic heterocycles. The Labute approximate surface area is 98.1 Å².